The van der Waals surface area contributed by atoms with Crippen LogP contribution in [-0.2, 0) is 16.4 Å². The van der Waals surface area contributed by atoms with Gasteiger partial charge in [0.25, 0.3) is 0 Å². The summed E-state index contributed by atoms with van der Waals surface area (Å²) in [5.41, 5.74) is 1.26. The molecule has 0 aliphatic carbocycles. The van der Waals surface area contributed by atoms with Gasteiger partial charge in [-0.3, -0.25) is 0 Å². The normalized spacial score (nSPS) is 19.4. The zero-order chi connectivity index (χ0) is 15.0. The molecule has 2 aromatic rings. The molecule has 0 spiro atoms. The van der Waals surface area contributed by atoms with Crippen molar-refractivity contribution in [2.75, 3.05) is 5.75 Å². The van der Waals surface area contributed by atoms with Crippen LogP contribution in [0.1, 0.15) is 17.2 Å². The minimum Gasteiger partial charge on any atom is -0.305 e. The molecule has 2 aromatic carbocycles. The van der Waals surface area contributed by atoms with Gasteiger partial charge < -0.3 is 5.32 Å². The molecule has 1 unspecified atom stereocenters. The van der Waals surface area contributed by atoms with Gasteiger partial charge >= 0.3 is 0 Å². The number of rotatable bonds is 3. The van der Waals surface area contributed by atoms with E-state index in [4.69, 9.17) is 0 Å². The van der Waals surface area contributed by atoms with E-state index in [2.05, 4.69) is 21.2 Å². The average molecular weight is 370 g/mol. The lowest BCUT2D eigenvalue weighted by molar-refractivity contribution is 0.543. The third kappa shape index (κ3) is 2.88. The van der Waals surface area contributed by atoms with Crippen LogP contribution in [0.15, 0.2) is 51.8 Å². The summed E-state index contributed by atoms with van der Waals surface area (Å²) in [6.45, 7) is 0.278. The molecule has 0 radical (unpaired) electrons. The molecule has 3 rings (SSSR count). The van der Waals surface area contributed by atoms with Gasteiger partial charge in [-0.05, 0) is 29.8 Å². The first kappa shape index (κ1) is 14.7. The van der Waals surface area contributed by atoms with Gasteiger partial charge in [-0.2, -0.15) is 0 Å². The highest BCUT2D eigenvalue weighted by Crippen LogP contribution is 2.33. The highest BCUT2D eigenvalue weighted by Gasteiger charge is 2.33. The number of nitrogens with one attached hydrogen (secondary N) is 1. The van der Waals surface area contributed by atoms with Crippen LogP contribution in [0.2, 0.25) is 0 Å². The van der Waals surface area contributed by atoms with Crippen LogP contribution in [0.3, 0.4) is 0 Å². The predicted molar refractivity (Wildman–Crippen MR) is 82.2 cm³/mol. The minimum atomic E-state index is -3.24. The molecule has 3 nitrogen and oxygen atoms in total. The lowest BCUT2D eigenvalue weighted by Gasteiger charge is -2.13. The molecule has 0 saturated carbocycles. The zero-order valence-electron chi connectivity index (χ0n) is 11.0. The van der Waals surface area contributed by atoms with Crippen molar-refractivity contribution >= 4 is 25.8 Å². The molecule has 1 aliphatic heterocycles. The molecule has 0 bridgehead atoms. The molecule has 1 aliphatic rings. The van der Waals surface area contributed by atoms with Crippen LogP contribution in [0.5, 0.6) is 0 Å². The van der Waals surface area contributed by atoms with Crippen molar-refractivity contribution in [3.63, 3.8) is 0 Å². The molecular weight excluding hydrogens is 357 g/mol. The first-order valence-electron chi connectivity index (χ1n) is 6.46. The summed E-state index contributed by atoms with van der Waals surface area (Å²) in [5.74, 6) is -0.290. The molecule has 0 fully saturated rings. The fraction of sp³-hybridized carbons (Fsp3) is 0.200. The Bertz CT molecular complexity index is 792. The van der Waals surface area contributed by atoms with Gasteiger partial charge in [0, 0.05) is 22.6 Å². The third-order valence-corrected chi connectivity index (χ3v) is 5.87. The van der Waals surface area contributed by atoms with Crippen molar-refractivity contribution < 1.29 is 12.8 Å². The Morgan fingerprint density at radius 3 is 2.81 bits per heavy atom. The van der Waals surface area contributed by atoms with Gasteiger partial charge in [0.15, 0.2) is 9.84 Å². The fourth-order valence-corrected chi connectivity index (χ4v) is 4.71. The van der Waals surface area contributed by atoms with Crippen LogP contribution in [0.4, 0.5) is 4.39 Å². The van der Waals surface area contributed by atoms with E-state index >= 15 is 0 Å². The Labute approximate surface area is 131 Å². The first-order valence-corrected chi connectivity index (χ1v) is 8.91. The molecule has 0 aromatic heterocycles. The maximum Gasteiger partial charge on any atom is 0.180 e. The largest absolute Gasteiger partial charge is 0.305 e. The number of fused-ring (bicyclic) bond motifs is 1. The van der Waals surface area contributed by atoms with E-state index in [1.54, 1.807) is 30.3 Å². The summed E-state index contributed by atoms with van der Waals surface area (Å²) in [6.07, 6.45) is 0. The second-order valence-electron chi connectivity index (χ2n) is 4.99. The molecular formula is C15H13BrFNO2S. The monoisotopic (exact) mass is 369 g/mol. The van der Waals surface area contributed by atoms with E-state index in [0.717, 1.165) is 10.0 Å². The number of hydrogen-bond acceptors (Lipinski definition) is 3. The average Bonchev–Trinajstić information content (AvgIpc) is 2.72. The molecule has 1 heterocycles. The molecule has 6 heteroatoms. The van der Waals surface area contributed by atoms with Crippen LogP contribution in [-0.4, -0.2) is 14.2 Å². The lowest BCUT2D eigenvalue weighted by atomic mass is 10.1. The van der Waals surface area contributed by atoms with Crippen molar-refractivity contribution in [1.82, 2.24) is 5.32 Å². The molecule has 21 heavy (non-hydrogen) atoms. The van der Waals surface area contributed by atoms with Crippen LogP contribution >= 0.6 is 15.9 Å². The van der Waals surface area contributed by atoms with Gasteiger partial charge in [0.2, 0.25) is 0 Å². The van der Waals surface area contributed by atoms with E-state index in [1.165, 1.54) is 6.07 Å². The van der Waals surface area contributed by atoms with E-state index in [-0.39, 0.29) is 24.2 Å². The minimum absolute atomic E-state index is 0.0158. The summed E-state index contributed by atoms with van der Waals surface area (Å²) < 4.78 is 38.7. The maximum atomic E-state index is 13.7. The third-order valence-electron chi connectivity index (χ3n) is 3.56. The number of hydrogen-bond donors (Lipinski definition) is 1. The van der Waals surface area contributed by atoms with Crippen molar-refractivity contribution in [3.8, 4) is 0 Å². The van der Waals surface area contributed by atoms with Gasteiger partial charge in [0.05, 0.1) is 10.6 Å². The van der Waals surface area contributed by atoms with Crippen molar-refractivity contribution in [2.24, 2.45) is 0 Å². The Morgan fingerprint density at radius 1 is 1.24 bits per heavy atom. The summed E-state index contributed by atoms with van der Waals surface area (Å²) in [5, 5.41) is 3.14. The van der Waals surface area contributed by atoms with E-state index in [9.17, 15) is 12.8 Å². The van der Waals surface area contributed by atoms with E-state index in [1.807, 2.05) is 6.07 Å². The number of sulfone groups is 1. The summed E-state index contributed by atoms with van der Waals surface area (Å²) >= 11 is 3.30. The highest BCUT2D eigenvalue weighted by atomic mass is 79.9. The van der Waals surface area contributed by atoms with Crippen LogP contribution in [0, 0.1) is 5.82 Å². The molecule has 110 valence electrons. The molecule has 0 saturated heterocycles. The Morgan fingerprint density at radius 2 is 2.00 bits per heavy atom. The Balaban J connectivity index is 1.83. The number of benzene rings is 2. The van der Waals surface area contributed by atoms with Crippen LogP contribution < -0.4 is 5.32 Å². The van der Waals surface area contributed by atoms with Crippen molar-refractivity contribution in [1.29, 1.82) is 0 Å². The second kappa shape index (κ2) is 5.51. The molecule has 0 amide bonds. The van der Waals surface area contributed by atoms with Crippen molar-refractivity contribution in [2.45, 2.75) is 17.5 Å². The molecule has 1 atom stereocenters. The Hall–Kier alpha value is -1.24. The molecule has 1 N–H and O–H groups in total. The van der Waals surface area contributed by atoms with Gasteiger partial charge in [-0.1, -0.05) is 34.1 Å². The zero-order valence-corrected chi connectivity index (χ0v) is 13.4. The second-order valence-corrected chi connectivity index (χ2v) is 7.91. The lowest BCUT2D eigenvalue weighted by Crippen LogP contribution is -2.22. The predicted octanol–water partition coefficient (Wildman–Crippen LogP) is 3.21. The smallest absolute Gasteiger partial charge is 0.180 e. The SMILES string of the molecule is O=S1(=O)CC(NCc2cc(Br)ccc2F)c2ccccc21. The van der Waals surface area contributed by atoms with Crippen LogP contribution in [0.25, 0.3) is 0 Å². The maximum absolute atomic E-state index is 13.7. The summed E-state index contributed by atoms with van der Waals surface area (Å²) in [7, 11) is -3.24. The first-order chi connectivity index (χ1) is 9.97. The highest BCUT2D eigenvalue weighted by molar-refractivity contribution is 9.10. The van der Waals surface area contributed by atoms with E-state index < -0.39 is 9.84 Å². The van der Waals surface area contributed by atoms with Gasteiger partial charge in [-0.15, -0.1) is 0 Å². The van der Waals surface area contributed by atoms with Crippen molar-refractivity contribution in [3.05, 3.63) is 63.9 Å². The van der Waals surface area contributed by atoms with E-state index in [0.29, 0.717) is 10.5 Å². The Kier molecular flexibility index (Phi) is 3.86. The fourth-order valence-electron chi connectivity index (χ4n) is 2.53. The van der Waals surface area contributed by atoms with Gasteiger partial charge in [-0.25, -0.2) is 12.8 Å². The van der Waals surface area contributed by atoms with Gasteiger partial charge in [0.1, 0.15) is 5.82 Å². The topological polar surface area (TPSA) is 46.2 Å². The standard InChI is InChI=1S/C15H13BrFNO2S/c16-11-5-6-13(17)10(7-11)8-18-14-9-21(19,20)15-4-2-1-3-12(14)15/h1-7,14,18H,8-9H2. The quantitative estimate of drug-likeness (QED) is 0.903. The summed E-state index contributed by atoms with van der Waals surface area (Å²) in [4.78, 5) is 0.372. The summed E-state index contributed by atoms with van der Waals surface area (Å²) in [6, 6.07) is 11.4. The number of halogens is 2.